The summed E-state index contributed by atoms with van der Waals surface area (Å²) >= 11 is 0. The molecule has 1 saturated heterocycles. The number of rotatable bonds is 4. The van der Waals surface area contributed by atoms with E-state index in [0.717, 1.165) is 47.6 Å². The van der Waals surface area contributed by atoms with Crippen molar-refractivity contribution in [1.29, 1.82) is 0 Å². The first-order valence-electron chi connectivity index (χ1n) is 9.18. The number of hydrogen-bond donors (Lipinski definition) is 2. The van der Waals surface area contributed by atoms with Gasteiger partial charge in [0.15, 0.2) is 0 Å². The summed E-state index contributed by atoms with van der Waals surface area (Å²) in [4.78, 5) is 22.6. The number of anilines is 1. The minimum atomic E-state index is -0.0378. The third-order valence-electron chi connectivity index (χ3n) is 5.14. The predicted molar refractivity (Wildman–Crippen MR) is 104 cm³/mol. The molecule has 4 rings (SSSR count). The highest BCUT2D eigenvalue weighted by Crippen LogP contribution is 2.39. The van der Waals surface area contributed by atoms with Gasteiger partial charge in [0.2, 0.25) is 5.91 Å². The molecule has 6 heteroatoms. The van der Waals surface area contributed by atoms with Crippen molar-refractivity contribution in [1.82, 2.24) is 14.9 Å². The zero-order valence-electron chi connectivity index (χ0n) is 15.1. The van der Waals surface area contributed by atoms with Gasteiger partial charge in [-0.25, -0.2) is 9.97 Å². The fraction of sp³-hybridized carbons (Fsp3) is 0.286. The Kier molecular flexibility index (Phi) is 4.62. The zero-order valence-corrected chi connectivity index (χ0v) is 15.1. The van der Waals surface area contributed by atoms with Crippen molar-refractivity contribution in [2.75, 3.05) is 18.4 Å². The molecule has 27 heavy (non-hydrogen) atoms. The van der Waals surface area contributed by atoms with Gasteiger partial charge in [0, 0.05) is 36.7 Å². The number of allylic oxidation sites excluding steroid dienone is 1. The summed E-state index contributed by atoms with van der Waals surface area (Å²) in [6, 6.07) is 7.42. The van der Waals surface area contributed by atoms with Crippen molar-refractivity contribution in [2.24, 2.45) is 0 Å². The Morgan fingerprint density at radius 2 is 2.19 bits per heavy atom. The maximum Gasteiger partial charge on any atom is 0.246 e. The standard InChI is InChI=1S/C21H22N4O2/c1-2-19(27)25-11-5-6-14(12-25)24-21-20-16(9-10-17(20)22-13-23-21)15-7-3-4-8-18(15)26/h2-4,7-9,13-14,26H,1,5-6,10-12H2,(H,22,23,24)/t14-/m1/s1. The lowest BCUT2D eigenvalue weighted by Crippen LogP contribution is -2.44. The van der Waals surface area contributed by atoms with E-state index in [-0.39, 0.29) is 17.7 Å². The molecule has 2 heterocycles. The van der Waals surface area contributed by atoms with Crippen LogP contribution < -0.4 is 5.32 Å². The summed E-state index contributed by atoms with van der Waals surface area (Å²) in [5.41, 5.74) is 3.61. The van der Waals surface area contributed by atoms with Crippen LogP contribution in [-0.4, -0.2) is 45.0 Å². The van der Waals surface area contributed by atoms with Crippen molar-refractivity contribution in [2.45, 2.75) is 25.3 Å². The van der Waals surface area contributed by atoms with Gasteiger partial charge >= 0.3 is 0 Å². The second kappa shape index (κ2) is 7.23. The molecule has 1 atom stereocenters. The van der Waals surface area contributed by atoms with E-state index >= 15 is 0 Å². The van der Waals surface area contributed by atoms with E-state index in [0.29, 0.717) is 13.0 Å². The van der Waals surface area contributed by atoms with E-state index in [1.807, 2.05) is 23.1 Å². The maximum atomic E-state index is 11.9. The number of nitrogens with zero attached hydrogens (tertiary/aromatic N) is 3. The topological polar surface area (TPSA) is 78.4 Å². The van der Waals surface area contributed by atoms with Gasteiger partial charge in [0.1, 0.15) is 17.9 Å². The van der Waals surface area contributed by atoms with Crippen LogP contribution in [0.1, 0.15) is 29.7 Å². The fourth-order valence-corrected chi connectivity index (χ4v) is 3.83. The Bertz CT molecular complexity index is 922. The molecule has 138 valence electrons. The summed E-state index contributed by atoms with van der Waals surface area (Å²) in [5, 5.41) is 13.8. The number of likely N-dealkylation sites (tertiary alicyclic amines) is 1. The average molecular weight is 362 g/mol. The van der Waals surface area contributed by atoms with Crippen LogP contribution in [0.3, 0.4) is 0 Å². The Labute approximate surface area is 158 Å². The number of hydrogen-bond acceptors (Lipinski definition) is 5. The molecular weight excluding hydrogens is 340 g/mol. The van der Waals surface area contributed by atoms with E-state index < -0.39 is 0 Å². The molecule has 6 nitrogen and oxygen atoms in total. The van der Waals surface area contributed by atoms with Crippen molar-refractivity contribution in [3.63, 3.8) is 0 Å². The number of benzene rings is 1. The molecule has 1 aliphatic carbocycles. The molecule has 2 aromatic rings. The number of amides is 1. The van der Waals surface area contributed by atoms with E-state index in [4.69, 9.17) is 0 Å². The second-order valence-corrected chi connectivity index (χ2v) is 6.85. The van der Waals surface area contributed by atoms with E-state index in [1.54, 1.807) is 12.4 Å². The number of phenolic OH excluding ortho intramolecular Hbond substituents is 1. The number of carbonyl (C=O) groups excluding carboxylic acids is 1. The third-order valence-corrected chi connectivity index (χ3v) is 5.14. The van der Waals surface area contributed by atoms with E-state index in [2.05, 4.69) is 27.9 Å². The van der Waals surface area contributed by atoms with Crippen LogP contribution in [0.4, 0.5) is 5.82 Å². The first-order valence-corrected chi connectivity index (χ1v) is 9.18. The molecule has 1 aromatic heterocycles. The van der Waals surface area contributed by atoms with Crippen molar-refractivity contribution in [3.8, 4) is 5.75 Å². The van der Waals surface area contributed by atoms with Crippen LogP contribution in [-0.2, 0) is 11.2 Å². The van der Waals surface area contributed by atoms with Gasteiger partial charge in [-0.1, -0.05) is 30.9 Å². The lowest BCUT2D eigenvalue weighted by atomic mass is 9.99. The van der Waals surface area contributed by atoms with Crippen LogP contribution in [0.5, 0.6) is 5.75 Å². The molecule has 0 spiro atoms. The highest BCUT2D eigenvalue weighted by molar-refractivity contribution is 5.91. The fourth-order valence-electron chi connectivity index (χ4n) is 3.83. The van der Waals surface area contributed by atoms with Crippen molar-refractivity contribution < 1.29 is 9.90 Å². The summed E-state index contributed by atoms with van der Waals surface area (Å²) in [6.07, 6.45) is 7.63. The Balaban J connectivity index is 1.62. The number of fused-ring (bicyclic) bond motifs is 1. The Hall–Kier alpha value is -3.15. The summed E-state index contributed by atoms with van der Waals surface area (Å²) < 4.78 is 0. The van der Waals surface area contributed by atoms with Gasteiger partial charge in [-0.15, -0.1) is 0 Å². The largest absolute Gasteiger partial charge is 0.507 e. The number of carbonyl (C=O) groups is 1. The monoisotopic (exact) mass is 362 g/mol. The summed E-state index contributed by atoms with van der Waals surface area (Å²) in [7, 11) is 0. The molecule has 2 aliphatic rings. The van der Waals surface area contributed by atoms with Crippen LogP contribution in [0.2, 0.25) is 0 Å². The van der Waals surface area contributed by atoms with Crippen molar-refractivity contribution >= 4 is 17.3 Å². The number of aromatic hydroxyl groups is 1. The average Bonchev–Trinajstić information content (AvgIpc) is 3.13. The number of para-hydroxylation sites is 1. The smallest absolute Gasteiger partial charge is 0.246 e. The van der Waals surface area contributed by atoms with E-state index in [1.165, 1.54) is 6.08 Å². The minimum absolute atomic E-state index is 0.0378. The van der Waals surface area contributed by atoms with Gasteiger partial charge in [0.05, 0.1) is 5.69 Å². The quantitative estimate of drug-likeness (QED) is 0.818. The van der Waals surface area contributed by atoms with Gasteiger partial charge in [-0.2, -0.15) is 0 Å². The number of piperidine rings is 1. The molecule has 1 amide bonds. The normalized spacial score (nSPS) is 18.6. The zero-order chi connectivity index (χ0) is 18.8. The molecular formula is C21H22N4O2. The summed E-state index contributed by atoms with van der Waals surface area (Å²) in [5.74, 6) is 0.959. The molecule has 0 saturated carbocycles. The molecule has 0 unspecified atom stereocenters. The minimum Gasteiger partial charge on any atom is -0.507 e. The lowest BCUT2D eigenvalue weighted by Gasteiger charge is -2.33. The lowest BCUT2D eigenvalue weighted by molar-refractivity contribution is -0.127. The Morgan fingerprint density at radius 1 is 1.33 bits per heavy atom. The van der Waals surface area contributed by atoms with Crippen LogP contribution >= 0.6 is 0 Å². The second-order valence-electron chi connectivity index (χ2n) is 6.85. The van der Waals surface area contributed by atoms with Gasteiger partial charge < -0.3 is 15.3 Å². The van der Waals surface area contributed by atoms with Crippen LogP contribution in [0, 0.1) is 0 Å². The molecule has 0 bridgehead atoms. The molecule has 0 radical (unpaired) electrons. The van der Waals surface area contributed by atoms with Gasteiger partial charge in [0.25, 0.3) is 0 Å². The number of aromatic nitrogens is 2. The Morgan fingerprint density at radius 3 is 3.00 bits per heavy atom. The number of nitrogens with one attached hydrogen (secondary N) is 1. The first kappa shape index (κ1) is 17.3. The van der Waals surface area contributed by atoms with E-state index in [9.17, 15) is 9.90 Å². The summed E-state index contributed by atoms with van der Waals surface area (Å²) in [6.45, 7) is 4.96. The first-order chi connectivity index (χ1) is 13.2. The predicted octanol–water partition coefficient (Wildman–Crippen LogP) is 2.76. The van der Waals surface area contributed by atoms with Crippen molar-refractivity contribution in [3.05, 3.63) is 66.1 Å². The number of phenols is 1. The van der Waals surface area contributed by atoms with Crippen LogP contribution in [0.15, 0.2) is 49.3 Å². The molecule has 2 N–H and O–H groups in total. The maximum absolute atomic E-state index is 11.9. The highest BCUT2D eigenvalue weighted by atomic mass is 16.3. The van der Waals surface area contributed by atoms with Crippen LogP contribution in [0.25, 0.3) is 5.57 Å². The molecule has 1 fully saturated rings. The third kappa shape index (κ3) is 3.30. The molecule has 1 aromatic carbocycles. The highest BCUT2D eigenvalue weighted by Gasteiger charge is 2.27. The van der Waals surface area contributed by atoms with Gasteiger partial charge in [-0.3, -0.25) is 4.79 Å². The SMILES string of the molecule is C=CC(=O)N1CCC[C@@H](Nc2ncnc3c2C(c2ccccc2O)=CC3)C1. The molecule has 1 aliphatic heterocycles. The van der Waals surface area contributed by atoms with Gasteiger partial charge in [-0.05, 0) is 30.6 Å².